The van der Waals surface area contributed by atoms with Crippen molar-refractivity contribution >= 4 is 5.82 Å². The van der Waals surface area contributed by atoms with Gasteiger partial charge in [-0.25, -0.2) is 0 Å². The van der Waals surface area contributed by atoms with Crippen LogP contribution in [0.15, 0.2) is 16.5 Å². The molecule has 0 spiro atoms. The van der Waals surface area contributed by atoms with Crippen LogP contribution in [0, 0.1) is 13.8 Å². The largest absolute Gasteiger partial charge is 0.466 e. The smallest absolute Gasteiger partial charge is 0.148 e. The molecule has 0 aliphatic carbocycles. The maximum Gasteiger partial charge on any atom is 0.148 e. The number of rotatable bonds is 2. The molecule has 0 aliphatic heterocycles. The molecule has 0 unspecified atom stereocenters. The van der Waals surface area contributed by atoms with E-state index in [1.165, 1.54) is 0 Å². The number of aryl methyl sites for hydroxylation is 2. The third-order valence-corrected chi connectivity index (χ3v) is 2.17. The van der Waals surface area contributed by atoms with E-state index in [0.29, 0.717) is 0 Å². The summed E-state index contributed by atoms with van der Waals surface area (Å²) in [5, 5.41) is 10.0. The second-order valence-corrected chi connectivity index (χ2v) is 3.24. The van der Waals surface area contributed by atoms with Crippen LogP contribution in [-0.4, -0.2) is 17.2 Å². The van der Waals surface area contributed by atoms with Crippen molar-refractivity contribution in [2.45, 2.75) is 13.8 Å². The normalized spacial score (nSPS) is 10.5. The van der Waals surface area contributed by atoms with Gasteiger partial charge in [-0.15, -0.1) is 0 Å². The maximum absolute atomic E-state index is 5.44. The number of nitrogens with zero attached hydrogens (tertiary/aromatic N) is 1. The van der Waals surface area contributed by atoms with Gasteiger partial charge in [-0.3, -0.25) is 5.10 Å². The van der Waals surface area contributed by atoms with Gasteiger partial charge in [0.05, 0.1) is 5.69 Å². The molecule has 2 heterocycles. The monoisotopic (exact) mass is 191 g/mol. The molecule has 4 nitrogen and oxygen atoms in total. The first-order valence-corrected chi connectivity index (χ1v) is 4.51. The van der Waals surface area contributed by atoms with Gasteiger partial charge in [-0.2, -0.15) is 5.10 Å². The van der Waals surface area contributed by atoms with E-state index >= 15 is 0 Å². The van der Waals surface area contributed by atoms with Crippen molar-refractivity contribution in [1.82, 2.24) is 10.2 Å². The predicted octanol–water partition coefficient (Wildman–Crippen LogP) is 2.33. The van der Waals surface area contributed by atoms with Crippen LogP contribution in [0.3, 0.4) is 0 Å². The highest BCUT2D eigenvalue weighted by molar-refractivity contribution is 5.64. The lowest BCUT2D eigenvalue weighted by molar-refractivity contribution is 0.505. The molecule has 0 saturated carbocycles. The van der Waals surface area contributed by atoms with E-state index in [4.69, 9.17) is 4.42 Å². The number of hydrogen-bond donors (Lipinski definition) is 2. The molecule has 2 rings (SSSR count). The van der Waals surface area contributed by atoms with Crippen LogP contribution in [0.25, 0.3) is 11.3 Å². The molecular weight excluding hydrogens is 178 g/mol. The third kappa shape index (κ3) is 1.39. The molecule has 2 aromatic rings. The first kappa shape index (κ1) is 8.87. The number of furan rings is 1. The average molecular weight is 191 g/mol. The van der Waals surface area contributed by atoms with Gasteiger partial charge in [0, 0.05) is 18.7 Å². The summed E-state index contributed by atoms with van der Waals surface area (Å²) >= 11 is 0. The van der Waals surface area contributed by atoms with Crippen LogP contribution in [0.1, 0.15) is 11.5 Å². The standard InChI is InChI=1S/C10H13N3O/c1-6-4-8(7(2)14-6)9-5-10(11-3)13-12-9/h4-5H,1-3H3,(H2,11,12,13). The fraction of sp³-hybridized carbons (Fsp3) is 0.300. The molecular formula is C10H13N3O. The highest BCUT2D eigenvalue weighted by Gasteiger charge is 2.09. The number of aromatic nitrogens is 2. The minimum Gasteiger partial charge on any atom is -0.466 e. The van der Waals surface area contributed by atoms with Crippen LogP contribution >= 0.6 is 0 Å². The molecule has 0 radical (unpaired) electrons. The van der Waals surface area contributed by atoms with Gasteiger partial charge in [0.1, 0.15) is 17.3 Å². The van der Waals surface area contributed by atoms with Gasteiger partial charge >= 0.3 is 0 Å². The quantitative estimate of drug-likeness (QED) is 0.766. The van der Waals surface area contributed by atoms with E-state index in [-0.39, 0.29) is 0 Å². The van der Waals surface area contributed by atoms with Crippen molar-refractivity contribution < 1.29 is 4.42 Å². The predicted molar refractivity (Wildman–Crippen MR) is 55.3 cm³/mol. The Morgan fingerprint density at radius 2 is 2.14 bits per heavy atom. The van der Waals surface area contributed by atoms with Crippen LogP contribution in [0.5, 0.6) is 0 Å². The molecule has 2 aromatic heterocycles. The minimum atomic E-state index is 0.832. The topological polar surface area (TPSA) is 53.9 Å². The van der Waals surface area contributed by atoms with Crippen LogP contribution in [0.4, 0.5) is 5.82 Å². The zero-order chi connectivity index (χ0) is 10.1. The van der Waals surface area contributed by atoms with E-state index in [1.54, 1.807) is 0 Å². The SMILES string of the molecule is CNc1cc(-c2cc(C)oc2C)[nH]n1. The highest BCUT2D eigenvalue weighted by Crippen LogP contribution is 2.26. The summed E-state index contributed by atoms with van der Waals surface area (Å²) in [5.74, 6) is 2.66. The Kier molecular flexibility index (Phi) is 2.04. The molecule has 0 bridgehead atoms. The Labute approximate surface area is 82.3 Å². The van der Waals surface area contributed by atoms with Gasteiger partial charge in [-0.1, -0.05) is 0 Å². The summed E-state index contributed by atoms with van der Waals surface area (Å²) in [6.45, 7) is 3.88. The molecule has 0 aromatic carbocycles. The maximum atomic E-state index is 5.44. The molecule has 4 heteroatoms. The molecule has 14 heavy (non-hydrogen) atoms. The second kappa shape index (κ2) is 3.21. The molecule has 0 atom stereocenters. The number of nitrogens with one attached hydrogen (secondary N) is 2. The summed E-state index contributed by atoms with van der Waals surface area (Å²) in [7, 11) is 1.84. The van der Waals surface area contributed by atoms with Crippen molar-refractivity contribution in [2.75, 3.05) is 12.4 Å². The highest BCUT2D eigenvalue weighted by atomic mass is 16.3. The van der Waals surface area contributed by atoms with Crippen LogP contribution in [-0.2, 0) is 0 Å². The van der Waals surface area contributed by atoms with Crippen LogP contribution in [0.2, 0.25) is 0 Å². The summed E-state index contributed by atoms with van der Waals surface area (Å²) in [5.41, 5.74) is 2.04. The first-order chi connectivity index (χ1) is 6.70. The lowest BCUT2D eigenvalue weighted by atomic mass is 10.2. The van der Waals surface area contributed by atoms with E-state index in [9.17, 15) is 0 Å². The van der Waals surface area contributed by atoms with Crippen molar-refractivity contribution in [1.29, 1.82) is 0 Å². The fourth-order valence-electron chi connectivity index (χ4n) is 1.49. The summed E-state index contributed by atoms with van der Waals surface area (Å²) < 4.78 is 5.44. The van der Waals surface area contributed by atoms with Gasteiger partial charge < -0.3 is 9.73 Å². The molecule has 0 aliphatic rings. The summed E-state index contributed by atoms with van der Waals surface area (Å²) in [4.78, 5) is 0. The number of aromatic amines is 1. The Hall–Kier alpha value is -1.71. The summed E-state index contributed by atoms with van der Waals surface area (Å²) in [6.07, 6.45) is 0. The zero-order valence-electron chi connectivity index (χ0n) is 8.51. The lowest BCUT2D eigenvalue weighted by Crippen LogP contribution is -1.85. The average Bonchev–Trinajstić information content (AvgIpc) is 2.71. The Morgan fingerprint density at radius 3 is 2.64 bits per heavy atom. The Bertz CT molecular complexity index is 442. The third-order valence-electron chi connectivity index (χ3n) is 2.17. The molecule has 2 N–H and O–H groups in total. The lowest BCUT2D eigenvalue weighted by Gasteiger charge is -1.91. The first-order valence-electron chi connectivity index (χ1n) is 4.51. The van der Waals surface area contributed by atoms with Gasteiger partial charge in [-0.05, 0) is 19.9 Å². The van der Waals surface area contributed by atoms with Crippen molar-refractivity contribution in [3.8, 4) is 11.3 Å². The number of H-pyrrole nitrogens is 1. The fourth-order valence-corrected chi connectivity index (χ4v) is 1.49. The second-order valence-electron chi connectivity index (χ2n) is 3.24. The Morgan fingerprint density at radius 1 is 1.36 bits per heavy atom. The van der Waals surface area contributed by atoms with Crippen molar-refractivity contribution in [2.24, 2.45) is 0 Å². The van der Waals surface area contributed by atoms with Crippen LogP contribution < -0.4 is 5.32 Å². The molecule has 0 fully saturated rings. The van der Waals surface area contributed by atoms with Gasteiger partial charge in [0.2, 0.25) is 0 Å². The minimum absolute atomic E-state index is 0.832. The molecule has 0 amide bonds. The van der Waals surface area contributed by atoms with E-state index in [0.717, 1.165) is 28.6 Å². The van der Waals surface area contributed by atoms with Crippen molar-refractivity contribution in [3.05, 3.63) is 23.7 Å². The van der Waals surface area contributed by atoms with E-state index in [2.05, 4.69) is 15.5 Å². The summed E-state index contributed by atoms with van der Waals surface area (Å²) in [6, 6.07) is 3.96. The van der Waals surface area contributed by atoms with E-state index in [1.807, 2.05) is 33.0 Å². The number of anilines is 1. The van der Waals surface area contributed by atoms with E-state index < -0.39 is 0 Å². The number of hydrogen-bond acceptors (Lipinski definition) is 3. The zero-order valence-corrected chi connectivity index (χ0v) is 8.51. The Balaban J connectivity index is 2.43. The molecule has 0 saturated heterocycles. The van der Waals surface area contributed by atoms with Crippen molar-refractivity contribution in [3.63, 3.8) is 0 Å². The van der Waals surface area contributed by atoms with Gasteiger partial charge in [0.25, 0.3) is 0 Å². The molecule has 74 valence electrons. The van der Waals surface area contributed by atoms with Gasteiger partial charge in [0.15, 0.2) is 0 Å².